The number of hydrogen-bond donors (Lipinski definition) is 1. The largest absolute Gasteiger partial charge is 0.479 e. The van der Waals surface area contributed by atoms with E-state index in [1.54, 1.807) is 41.6 Å². The van der Waals surface area contributed by atoms with Crippen LogP contribution in [0.5, 0.6) is 0 Å². The molecule has 7 nitrogen and oxygen atoms in total. The number of carboxylic acid groups (broad SMARTS) is 1. The van der Waals surface area contributed by atoms with Crippen LogP contribution in [0.2, 0.25) is 0 Å². The van der Waals surface area contributed by atoms with Crippen LogP contribution in [0.4, 0.5) is 0 Å². The van der Waals surface area contributed by atoms with Gasteiger partial charge < -0.3 is 10.0 Å². The number of carbonyl (C=O) groups excluding carboxylic acids is 1. The lowest BCUT2D eigenvalue weighted by Gasteiger charge is -2.39. The molecule has 1 aliphatic heterocycles. The van der Waals surface area contributed by atoms with Gasteiger partial charge in [-0.2, -0.15) is 10.4 Å². The molecule has 1 N–H and O–H groups in total. The van der Waals surface area contributed by atoms with E-state index in [1.807, 2.05) is 13.0 Å². The fourth-order valence-electron chi connectivity index (χ4n) is 3.17. The second-order valence-corrected chi connectivity index (χ2v) is 6.28. The average molecular weight is 338 g/mol. The number of carbonyl (C=O) groups is 2. The zero-order valence-corrected chi connectivity index (χ0v) is 13.8. The molecule has 1 aliphatic rings. The van der Waals surface area contributed by atoms with E-state index in [2.05, 4.69) is 5.10 Å². The molecule has 2 heterocycles. The van der Waals surface area contributed by atoms with Crippen LogP contribution >= 0.6 is 0 Å². The van der Waals surface area contributed by atoms with Gasteiger partial charge >= 0.3 is 5.97 Å². The smallest absolute Gasteiger partial charge is 0.331 e. The Bertz CT molecular complexity index is 857. The molecule has 7 heteroatoms. The topological polar surface area (TPSA) is 99.2 Å². The predicted octanol–water partition coefficient (Wildman–Crippen LogP) is 1.78. The summed E-state index contributed by atoms with van der Waals surface area (Å²) < 4.78 is 1.50. The first kappa shape index (κ1) is 16.7. The van der Waals surface area contributed by atoms with Gasteiger partial charge in [0.05, 0.1) is 17.8 Å². The highest BCUT2D eigenvalue weighted by Gasteiger charge is 2.45. The lowest BCUT2D eigenvalue weighted by molar-refractivity contribution is -0.150. The van der Waals surface area contributed by atoms with Gasteiger partial charge in [0.2, 0.25) is 0 Å². The standard InChI is InChI=1S/C18H18N4O3/c1-13-11-20-22(12-13)18(17(24)25)5-7-21(8-6-18)16(23)15-4-2-3-14(9-15)10-19/h2-4,9,11-12H,5-8H2,1H3,(H,24,25). The Balaban J connectivity index is 1.79. The SMILES string of the molecule is Cc1cnn(C2(C(=O)O)CCN(C(=O)c3cccc(C#N)c3)CC2)c1. The molecule has 0 saturated carbocycles. The highest BCUT2D eigenvalue weighted by Crippen LogP contribution is 2.31. The van der Waals surface area contributed by atoms with Gasteiger partial charge in [-0.25, -0.2) is 4.79 Å². The summed E-state index contributed by atoms with van der Waals surface area (Å²) in [6, 6.07) is 8.55. The van der Waals surface area contributed by atoms with Crippen LogP contribution in [0.25, 0.3) is 0 Å². The van der Waals surface area contributed by atoms with E-state index < -0.39 is 11.5 Å². The molecule has 0 aliphatic carbocycles. The Labute approximate surface area is 145 Å². The second kappa shape index (κ2) is 6.40. The van der Waals surface area contributed by atoms with Crippen LogP contribution in [-0.2, 0) is 10.3 Å². The van der Waals surface area contributed by atoms with E-state index in [9.17, 15) is 14.7 Å². The normalized spacial score (nSPS) is 16.2. The Morgan fingerprint density at radius 3 is 2.60 bits per heavy atom. The van der Waals surface area contributed by atoms with Gasteiger partial charge in [0.1, 0.15) is 0 Å². The van der Waals surface area contributed by atoms with Crippen molar-refractivity contribution >= 4 is 11.9 Å². The van der Waals surface area contributed by atoms with Crippen molar-refractivity contribution in [1.82, 2.24) is 14.7 Å². The minimum absolute atomic E-state index is 0.187. The zero-order chi connectivity index (χ0) is 18.0. The minimum Gasteiger partial charge on any atom is -0.479 e. The first-order valence-electron chi connectivity index (χ1n) is 8.01. The highest BCUT2D eigenvalue weighted by atomic mass is 16.4. The van der Waals surface area contributed by atoms with E-state index in [1.165, 1.54) is 4.68 Å². The molecule has 3 rings (SSSR count). The van der Waals surface area contributed by atoms with E-state index in [0.717, 1.165) is 5.56 Å². The lowest BCUT2D eigenvalue weighted by atomic mass is 9.87. The molecule has 1 amide bonds. The van der Waals surface area contributed by atoms with Gasteiger partial charge in [-0.15, -0.1) is 0 Å². The maximum absolute atomic E-state index is 12.6. The first-order valence-corrected chi connectivity index (χ1v) is 8.01. The van der Waals surface area contributed by atoms with E-state index in [4.69, 9.17) is 5.26 Å². The monoisotopic (exact) mass is 338 g/mol. The molecule has 25 heavy (non-hydrogen) atoms. The lowest BCUT2D eigenvalue weighted by Crippen LogP contribution is -2.52. The molecule has 0 spiro atoms. The number of carboxylic acids is 1. The van der Waals surface area contributed by atoms with Crippen LogP contribution in [0.3, 0.4) is 0 Å². The maximum Gasteiger partial charge on any atom is 0.331 e. The average Bonchev–Trinajstić information content (AvgIpc) is 3.08. The van der Waals surface area contributed by atoms with Gasteiger partial charge in [-0.05, 0) is 30.7 Å². The molecule has 2 aromatic rings. The van der Waals surface area contributed by atoms with Crippen molar-refractivity contribution in [2.75, 3.05) is 13.1 Å². The number of amides is 1. The highest BCUT2D eigenvalue weighted by molar-refractivity contribution is 5.94. The van der Waals surface area contributed by atoms with E-state index in [0.29, 0.717) is 24.2 Å². The fourth-order valence-corrected chi connectivity index (χ4v) is 3.17. The Morgan fingerprint density at radius 2 is 2.04 bits per heavy atom. The van der Waals surface area contributed by atoms with Gasteiger partial charge in [0.25, 0.3) is 5.91 Å². The number of rotatable bonds is 3. The third kappa shape index (κ3) is 2.98. The molecule has 1 fully saturated rings. The molecule has 0 radical (unpaired) electrons. The summed E-state index contributed by atoms with van der Waals surface area (Å²) in [7, 11) is 0. The van der Waals surface area contributed by atoms with Crippen LogP contribution in [-0.4, -0.2) is 44.8 Å². The third-order valence-electron chi connectivity index (χ3n) is 4.66. The molecule has 1 aromatic carbocycles. The molecular weight excluding hydrogens is 320 g/mol. The molecule has 0 bridgehead atoms. The quantitative estimate of drug-likeness (QED) is 0.919. The molecule has 0 atom stereocenters. The van der Waals surface area contributed by atoms with E-state index in [-0.39, 0.29) is 18.7 Å². The molecule has 1 aromatic heterocycles. The number of hydrogen-bond acceptors (Lipinski definition) is 4. The first-order chi connectivity index (χ1) is 12.0. The number of likely N-dealkylation sites (tertiary alicyclic amines) is 1. The molecular formula is C18H18N4O3. The van der Waals surface area contributed by atoms with Crippen molar-refractivity contribution in [2.24, 2.45) is 0 Å². The van der Waals surface area contributed by atoms with Gasteiger partial charge in [-0.1, -0.05) is 6.07 Å². The summed E-state index contributed by atoms with van der Waals surface area (Å²) in [5.74, 6) is -1.12. The number of aromatic nitrogens is 2. The van der Waals surface area contributed by atoms with Crippen molar-refractivity contribution in [2.45, 2.75) is 25.3 Å². The summed E-state index contributed by atoms with van der Waals surface area (Å²) in [5.41, 5.74) is 0.638. The van der Waals surface area contributed by atoms with Crippen molar-refractivity contribution in [1.29, 1.82) is 5.26 Å². The van der Waals surface area contributed by atoms with Crippen molar-refractivity contribution < 1.29 is 14.7 Å². The fraction of sp³-hybridized carbons (Fsp3) is 0.333. The Morgan fingerprint density at radius 1 is 1.32 bits per heavy atom. The number of nitriles is 1. The van der Waals surface area contributed by atoms with Crippen LogP contribution in [0.15, 0.2) is 36.7 Å². The zero-order valence-electron chi connectivity index (χ0n) is 13.8. The number of benzene rings is 1. The Hall–Kier alpha value is -3.14. The van der Waals surface area contributed by atoms with E-state index >= 15 is 0 Å². The number of aryl methyl sites for hydroxylation is 1. The Kier molecular flexibility index (Phi) is 4.28. The van der Waals surface area contributed by atoms with Crippen LogP contribution < -0.4 is 0 Å². The van der Waals surface area contributed by atoms with Crippen LogP contribution in [0.1, 0.15) is 34.3 Å². The molecule has 1 saturated heterocycles. The van der Waals surface area contributed by atoms with Gasteiger partial charge in [0.15, 0.2) is 5.54 Å². The summed E-state index contributed by atoms with van der Waals surface area (Å²) in [6.07, 6.45) is 3.93. The molecule has 0 unspecified atom stereocenters. The van der Waals surface area contributed by atoms with Gasteiger partial charge in [0, 0.05) is 37.7 Å². The minimum atomic E-state index is -1.13. The van der Waals surface area contributed by atoms with Gasteiger partial charge in [-0.3, -0.25) is 9.48 Å². The number of nitrogens with zero attached hydrogens (tertiary/aromatic N) is 4. The predicted molar refractivity (Wildman–Crippen MR) is 88.9 cm³/mol. The van der Waals surface area contributed by atoms with Crippen molar-refractivity contribution in [3.05, 3.63) is 53.3 Å². The second-order valence-electron chi connectivity index (χ2n) is 6.28. The van der Waals surface area contributed by atoms with Crippen molar-refractivity contribution in [3.8, 4) is 6.07 Å². The summed E-state index contributed by atoms with van der Waals surface area (Å²) in [6.45, 7) is 2.50. The number of piperidine rings is 1. The van der Waals surface area contributed by atoms with Crippen LogP contribution in [0, 0.1) is 18.3 Å². The van der Waals surface area contributed by atoms with Crippen molar-refractivity contribution in [3.63, 3.8) is 0 Å². The number of aliphatic carboxylic acids is 1. The summed E-state index contributed by atoms with van der Waals surface area (Å²) >= 11 is 0. The summed E-state index contributed by atoms with van der Waals surface area (Å²) in [4.78, 5) is 26.2. The maximum atomic E-state index is 12.6. The third-order valence-corrected chi connectivity index (χ3v) is 4.66. The molecule has 128 valence electrons. The summed E-state index contributed by atoms with van der Waals surface area (Å²) in [5, 5.41) is 22.9.